The highest BCUT2D eigenvalue weighted by atomic mass is 16.5. The number of hydrogen-bond acceptors (Lipinski definition) is 2. The van der Waals surface area contributed by atoms with Crippen LogP contribution in [0, 0.1) is 0 Å². The van der Waals surface area contributed by atoms with Crippen molar-refractivity contribution in [2.24, 2.45) is 0 Å². The summed E-state index contributed by atoms with van der Waals surface area (Å²) in [6, 6.07) is -0.0395. The molecule has 84 valence electrons. The SMILES string of the molecule is CCC1CCC(N2C=C(C)CNC2=O)O1. The first-order valence-electron chi connectivity index (χ1n) is 5.59. The summed E-state index contributed by atoms with van der Waals surface area (Å²) < 4.78 is 5.79. The number of hydrogen-bond donors (Lipinski definition) is 1. The summed E-state index contributed by atoms with van der Waals surface area (Å²) in [6.45, 7) is 4.78. The van der Waals surface area contributed by atoms with Crippen molar-refractivity contribution in [3.8, 4) is 0 Å². The number of amides is 2. The van der Waals surface area contributed by atoms with Gasteiger partial charge in [0.1, 0.15) is 6.23 Å². The van der Waals surface area contributed by atoms with Gasteiger partial charge in [0.15, 0.2) is 0 Å². The number of nitrogens with one attached hydrogen (secondary N) is 1. The molecule has 1 saturated heterocycles. The molecule has 0 aromatic carbocycles. The fraction of sp³-hybridized carbons (Fsp3) is 0.727. The molecule has 15 heavy (non-hydrogen) atoms. The maximum absolute atomic E-state index is 11.6. The zero-order valence-corrected chi connectivity index (χ0v) is 9.32. The monoisotopic (exact) mass is 210 g/mol. The largest absolute Gasteiger partial charge is 0.355 e. The second kappa shape index (κ2) is 4.23. The Kier molecular flexibility index (Phi) is 2.95. The van der Waals surface area contributed by atoms with Crippen molar-refractivity contribution in [1.82, 2.24) is 10.2 Å². The lowest BCUT2D eigenvalue weighted by molar-refractivity contribution is -0.0187. The smallest absolute Gasteiger partial charge is 0.323 e. The molecular formula is C11H18N2O2. The molecule has 2 aliphatic heterocycles. The number of carbonyl (C=O) groups excluding carboxylic acids is 1. The molecule has 0 aliphatic carbocycles. The van der Waals surface area contributed by atoms with Crippen molar-refractivity contribution in [3.05, 3.63) is 11.8 Å². The molecule has 0 spiro atoms. The number of urea groups is 1. The fourth-order valence-corrected chi connectivity index (χ4v) is 2.05. The van der Waals surface area contributed by atoms with Gasteiger partial charge in [0.25, 0.3) is 0 Å². The molecule has 4 nitrogen and oxygen atoms in total. The van der Waals surface area contributed by atoms with E-state index >= 15 is 0 Å². The van der Waals surface area contributed by atoms with Crippen LogP contribution in [0.4, 0.5) is 4.79 Å². The van der Waals surface area contributed by atoms with E-state index in [0.717, 1.165) is 24.8 Å². The van der Waals surface area contributed by atoms with Gasteiger partial charge in [-0.1, -0.05) is 6.92 Å². The zero-order valence-electron chi connectivity index (χ0n) is 9.32. The van der Waals surface area contributed by atoms with Gasteiger partial charge in [-0.3, -0.25) is 4.90 Å². The first kappa shape index (κ1) is 10.5. The molecule has 2 aliphatic rings. The molecule has 0 radical (unpaired) electrons. The molecule has 0 bridgehead atoms. The van der Waals surface area contributed by atoms with E-state index in [2.05, 4.69) is 12.2 Å². The maximum Gasteiger partial charge on any atom is 0.323 e. The Balaban J connectivity index is 2.04. The Morgan fingerprint density at radius 2 is 2.40 bits per heavy atom. The Morgan fingerprint density at radius 1 is 1.60 bits per heavy atom. The summed E-state index contributed by atoms with van der Waals surface area (Å²) in [5.41, 5.74) is 1.16. The summed E-state index contributed by atoms with van der Waals surface area (Å²) in [5.74, 6) is 0. The summed E-state index contributed by atoms with van der Waals surface area (Å²) in [6.07, 6.45) is 5.17. The fourth-order valence-electron chi connectivity index (χ4n) is 2.05. The number of ether oxygens (including phenoxy) is 1. The van der Waals surface area contributed by atoms with Crippen LogP contribution < -0.4 is 5.32 Å². The molecule has 2 heterocycles. The molecule has 0 saturated carbocycles. The lowest BCUT2D eigenvalue weighted by Gasteiger charge is -2.29. The van der Waals surface area contributed by atoms with E-state index in [1.54, 1.807) is 4.90 Å². The molecule has 2 unspecified atom stereocenters. The standard InChI is InChI=1S/C11H18N2O2/c1-3-9-4-5-10(15-9)13-7-8(2)6-12-11(13)14/h7,9-10H,3-6H2,1-2H3,(H,12,14). The van der Waals surface area contributed by atoms with Crippen molar-refractivity contribution >= 4 is 6.03 Å². The van der Waals surface area contributed by atoms with Gasteiger partial charge in [-0.15, -0.1) is 0 Å². The third-order valence-electron chi connectivity index (χ3n) is 2.96. The van der Waals surface area contributed by atoms with Crippen LogP contribution in [0.1, 0.15) is 33.1 Å². The van der Waals surface area contributed by atoms with Crippen LogP contribution >= 0.6 is 0 Å². The van der Waals surface area contributed by atoms with E-state index in [0.29, 0.717) is 12.6 Å². The van der Waals surface area contributed by atoms with Crippen molar-refractivity contribution < 1.29 is 9.53 Å². The highest BCUT2D eigenvalue weighted by Gasteiger charge is 2.32. The van der Waals surface area contributed by atoms with Crippen LogP contribution in [0.25, 0.3) is 0 Å². The van der Waals surface area contributed by atoms with Gasteiger partial charge in [-0.25, -0.2) is 4.79 Å². The highest BCUT2D eigenvalue weighted by Crippen LogP contribution is 2.26. The predicted octanol–water partition coefficient (Wildman–Crippen LogP) is 1.83. The van der Waals surface area contributed by atoms with Gasteiger partial charge in [0.05, 0.1) is 6.10 Å². The first-order valence-corrected chi connectivity index (χ1v) is 5.59. The topological polar surface area (TPSA) is 41.6 Å². The van der Waals surface area contributed by atoms with E-state index in [4.69, 9.17) is 4.74 Å². The van der Waals surface area contributed by atoms with Gasteiger partial charge in [0.2, 0.25) is 0 Å². The second-order valence-corrected chi connectivity index (χ2v) is 4.24. The number of nitrogens with zero attached hydrogens (tertiary/aromatic N) is 1. The lowest BCUT2D eigenvalue weighted by Crippen LogP contribution is -2.46. The first-order chi connectivity index (χ1) is 7.20. The molecule has 0 aromatic rings. The van der Waals surface area contributed by atoms with Crippen LogP contribution in [0.3, 0.4) is 0 Å². The van der Waals surface area contributed by atoms with Gasteiger partial charge in [0, 0.05) is 12.7 Å². The van der Waals surface area contributed by atoms with Crippen LogP contribution in [0.2, 0.25) is 0 Å². The molecule has 1 fully saturated rings. The van der Waals surface area contributed by atoms with Crippen LogP contribution in [0.15, 0.2) is 11.8 Å². The van der Waals surface area contributed by atoms with Crippen molar-refractivity contribution in [2.45, 2.75) is 45.4 Å². The van der Waals surface area contributed by atoms with E-state index in [9.17, 15) is 4.79 Å². The maximum atomic E-state index is 11.6. The van der Waals surface area contributed by atoms with Gasteiger partial charge < -0.3 is 10.1 Å². The van der Waals surface area contributed by atoms with E-state index in [1.807, 2.05) is 13.1 Å². The van der Waals surface area contributed by atoms with E-state index in [-0.39, 0.29) is 12.3 Å². The quantitative estimate of drug-likeness (QED) is 0.755. The van der Waals surface area contributed by atoms with Crippen LogP contribution in [-0.4, -0.2) is 29.8 Å². The number of carbonyl (C=O) groups is 1. The zero-order chi connectivity index (χ0) is 10.8. The minimum atomic E-state index is -0.0646. The third kappa shape index (κ3) is 2.15. The molecule has 2 atom stereocenters. The van der Waals surface area contributed by atoms with Gasteiger partial charge in [-0.2, -0.15) is 0 Å². The summed E-state index contributed by atoms with van der Waals surface area (Å²) in [5, 5.41) is 2.83. The summed E-state index contributed by atoms with van der Waals surface area (Å²) in [4.78, 5) is 13.3. The summed E-state index contributed by atoms with van der Waals surface area (Å²) in [7, 11) is 0. The Bertz CT molecular complexity index is 288. The average molecular weight is 210 g/mol. The molecule has 2 rings (SSSR count). The van der Waals surface area contributed by atoms with Crippen molar-refractivity contribution in [1.29, 1.82) is 0 Å². The minimum Gasteiger partial charge on any atom is -0.355 e. The van der Waals surface area contributed by atoms with Crippen molar-refractivity contribution in [3.63, 3.8) is 0 Å². The third-order valence-corrected chi connectivity index (χ3v) is 2.96. The average Bonchev–Trinajstić information content (AvgIpc) is 2.70. The Labute approximate surface area is 90.3 Å². The number of rotatable bonds is 2. The molecule has 1 N–H and O–H groups in total. The van der Waals surface area contributed by atoms with E-state index in [1.165, 1.54) is 0 Å². The Hall–Kier alpha value is -1.03. The Morgan fingerprint density at radius 3 is 3.07 bits per heavy atom. The molecule has 0 aromatic heterocycles. The van der Waals surface area contributed by atoms with Crippen LogP contribution in [0.5, 0.6) is 0 Å². The van der Waals surface area contributed by atoms with Crippen molar-refractivity contribution in [2.75, 3.05) is 6.54 Å². The van der Waals surface area contributed by atoms with Gasteiger partial charge >= 0.3 is 6.03 Å². The van der Waals surface area contributed by atoms with Crippen LogP contribution in [-0.2, 0) is 4.74 Å². The highest BCUT2D eigenvalue weighted by molar-refractivity contribution is 5.77. The summed E-state index contributed by atoms with van der Waals surface area (Å²) >= 11 is 0. The van der Waals surface area contributed by atoms with E-state index < -0.39 is 0 Å². The predicted molar refractivity (Wildman–Crippen MR) is 57.2 cm³/mol. The second-order valence-electron chi connectivity index (χ2n) is 4.24. The lowest BCUT2D eigenvalue weighted by atomic mass is 10.2. The van der Waals surface area contributed by atoms with Gasteiger partial charge in [-0.05, 0) is 31.8 Å². The minimum absolute atomic E-state index is 0.0395. The normalized spacial score (nSPS) is 31.5. The molecular weight excluding hydrogens is 192 g/mol. The molecule has 4 heteroatoms. The molecule has 2 amide bonds.